The molecule has 147 heavy (non-hydrogen) atoms. The first-order valence-corrected chi connectivity index (χ1v) is 56.4. The fourth-order valence-corrected chi connectivity index (χ4v) is 42.4. The van der Waals surface area contributed by atoms with Gasteiger partial charge in [0.2, 0.25) is 0 Å². The zero-order valence-electron chi connectivity index (χ0n) is 82.1. The Kier molecular flexibility index (Phi) is 22.8. The van der Waals surface area contributed by atoms with Crippen LogP contribution in [0.5, 0.6) is 0 Å². The summed E-state index contributed by atoms with van der Waals surface area (Å²) in [6, 6.07) is 0. The van der Waals surface area contributed by atoms with Gasteiger partial charge in [-0.2, -0.15) is 0 Å². The summed E-state index contributed by atoms with van der Waals surface area (Å²) in [6.45, 7) is 2.21. The van der Waals surface area contributed by atoms with Gasteiger partial charge in [-0.1, -0.05) is 0 Å². The van der Waals surface area contributed by atoms with Gasteiger partial charge in [0.25, 0.3) is 0 Å². The minimum absolute atomic E-state index is 0.00204. The quantitative estimate of drug-likeness (QED) is 0.0203. The molecule has 3 N–H and O–H groups in total. The predicted molar refractivity (Wildman–Crippen MR) is 485 cm³/mol. The van der Waals surface area contributed by atoms with Gasteiger partial charge in [0, 0.05) is 59.1 Å². The molecule has 28 bridgehead atoms. The van der Waals surface area contributed by atoms with E-state index < -0.39 is 215 Å². The minimum atomic E-state index is -1.30. The van der Waals surface area contributed by atoms with Crippen molar-refractivity contribution in [1.29, 1.82) is 0 Å². The van der Waals surface area contributed by atoms with Gasteiger partial charge in [0.15, 0.2) is 13.6 Å². The van der Waals surface area contributed by atoms with Crippen molar-refractivity contribution in [3.8, 4) is 0 Å². The van der Waals surface area contributed by atoms with E-state index in [1.54, 1.807) is 0 Å². The normalized spacial score (nSPS) is 52.6. The number of aliphatic hydroxyl groups is 1. The van der Waals surface area contributed by atoms with Crippen molar-refractivity contribution >= 4 is 113 Å². The van der Waals surface area contributed by atoms with E-state index in [4.69, 9.17) is 77.9 Å². The van der Waals surface area contributed by atoms with Crippen LogP contribution in [-0.4, -0.2) is 224 Å². The lowest BCUT2D eigenvalue weighted by Crippen LogP contribution is -2.51. The second-order valence-electron chi connectivity index (χ2n) is 53.1. The van der Waals surface area contributed by atoms with E-state index in [2.05, 4.69) is 9.47 Å². The lowest BCUT2D eigenvalue weighted by Gasteiger charge is -2.56. The van der Waals surface area contributed by atoms with Crippen molar-refractivity contribution in [3.63, 3.8) is 0 Å². The molecule has 35 fully saturated rings. The Balaban J connectivity index is 0.000000105. The molecule has 35 aliphatic rings. The number of carboxylic acid groups (broad SMARTS) is 2. The van der Waals surface area contributed by atoms with Crippen molar-refractivity contribution in [2.45, 2.75) is 260 Å². The molecule has 28 aliphatic carbocycles. The molecule has 41 unspecified atom stereocenters. The number of ether oxygens (including phenoxy) is 16. The van der Waals surface area contributed by atoms with Gasteiger partial charge in [-0.25, -0.2) is 0 Å². The number of halogens is 1. The number of carbonyl (C=O) groups is 17. The van der Waals surface area contributed by atoms with Gasteiger partial charge >= 0.3 is 101 Å². The standard InChI is InChI=1S/C51H64O14.C27H28O12.C13H21ClO.C11H8O6.C8H10O3/c52-44-32-9-28-7-30(32)42(64-44)40(28)62-48(56)38-35-11-34(36(38)46(54)60-20-58-18-50-12-22-1-23(13-50)3-24(2-22)14-50)39(49(57)63-41-29-8-31-33(10-29)45(53)65-43(31)41)37(35)47(55)61-21-59-19-51-15-25-4-26(16-51)6-27(5-25)17-51;28-22(29)14-13-5-12(16(14)26(34)36-18-6-1-8-10(3-6)24(32)38-20(8)18)15(23(30)31)17(13)27(35)37-19-7-2-9-11(4-7)25(33)39-21(9)19;14-1-2-15-9-13-6-10-3-11(7-13)5-12(4-10)8-13;12-8-4-2-1-3(6(4)10(14)16-8)7-5(2)9(13)17-11(7)15;9-6-3-1-4-5(2-3)8(10)11-7(4)6/h22-43H,1-21H2;6-21H,1-5H2,(H,28,29)(H,30,31);10-12H,1-9H2;2-7H,1H2;3-7,9H,1-2H2. The Bertz CT molecular complexity index is 5140. The highest BCUT2D eigenvalue weighted by Gasteiger charge is 2.77. The Morgan fingerprint density at radius 3 is 0.782 bits per heavy atom. The first-order valence-electron chi connectivity index (χ1n) is 55.9. The highest BCUT2D eigenvalue weighted by Crippen LogP contribution is 2.71. The fourth-order valence-electron chi connectivity index (χ4n) is 42.3. The van der Waals surface area contributed by atoms with Crippen LogP contribution in [0.15, 0.2) is 0 Å². The van der Waals surface area contributed by atoms with Crippen LogP contribution in [0, 0.1) is 265 Å². The molecule has 7 heterocycles. The summed E-state index contributed by atoms with van der Waals surface area (Å²) >= 11 is 5.66. The number of rotatable bonds is 24. The van der Waals surface area contributed by atoms with Gasteiger partial charge in [-0.05, 0) is 310 Å². The molecule has 35 rings (SSSR count). The van der Waals surface area contributed by atoms with Crippen LogP contribution in [-0.2, 0) is 157 Å². The van der Waals surface area contributed by atoms with E-state index in [1.165, 1.54) is 77.0 Å². The summed E-state index contributed by atoms with van der Waals surface area (Å²) in [7, 11) is 0. The molecule has 0 radical (unpaired) electrons. The number of aliphatic carboxylic acids is 2. The molecule has 0 aromatic carbocycles. The van der Waals surface area contributed by atoms with Crippen molar-refractivity contribution in [2.24, 2.45) is 265 Å². The lowest BCUT2D eigenvalue weighted by molar-refractivity contribution is -0.193. The van der Waals surface area contributed by atoms with Crippen LogP contribution in [0.2, 0.25) is 0 Å². The summed E-state index contributed by atoms with van der Waals surface area (Å²) in [4.78, 5) is 217. The molecular formula is C110H131ClO36. The topological polar surface area (TPSA) is 499 Å². The van der Waals surface area contributed by atoms with Crippen LogP contribution >= 0.6 is 11.6 Å². The Labute approximate surface area is 852 Å². The molecule has 28 saturated carbocycles. The predicted octanol–water partition coefficient (Wildman–Crippen LogP) is 8.47. The van der Waals surface area contributed by atoms with Gasteiger partial charge in [-0.15, -0.1) is 11.6 Å². The van der Waals surface area contributed by atoms with Crippen molar-refractivity contribution in [1.82, 2.24) is 0 Å². The third kappa shape index (κ3) is 15.0. The number of hydrogen-bond donors (Lipinski definition) is 3. The number of aliphatic hydroxyl groups excluding tert-OH is 1. The van der Waals surface area contributed by atoms with E-state index in [9.17, 15) is 96.8 Å². The molecular weight excluding hydrogens is 1930 g/mol. The molecule has 41 atom stereocenters. The first-order chi connectivity index (χ1) is 70.8. The third-order valence-corrected chi connectivity index (χ3v) is 46.0. The molecule has 0 aromatic rings. The number of cyclic esters (lactones) is 4. The van der Waals surface area contributed by atoms with E-state index in [-0.39, 0.29) is 168 Å². The van der Waals surface area contributed by atoms with Gasteiger partial charge in [0.05, 0.1) is 133 Å². The van der Waals surface area contributed by atoms with E-state index >= 15 is 0 Å². The van der Waals surface area contributed by atoms with Crippen molar-refractivity contribution in [3.05, 3.63) is 0 Å². The number of hydrogen-bond acceptors (Lipinski definition) is 34. The summed E-state index contributed by atoms with van der Waals surface area (Å²) < 4.78 is 91.0. The van der Waals surface area contributed by atoms with Crippen LogP contribution in [0.25, 0.3) is 0 Å². The molecule has 37 heteroatoms. The minimum Gasteiger partial charge on any atom is -0.481 e. The number of esters is 15. The number of fused-ring (bicyclic) bond motifs is 17. The third-order valence-electron chi connectivity index (χ3n) is 45.8. The second-order valence-corrected chi connectivity index (χ2v) is 53.5. The van der Waals surface area contributed by atoms with Crippen LogP contribution in [0.4, 0.5) is 0 Å². The Morgan fingerprint density at radius 1 is 0.272 bits per heavy atom. The largest absolute Gasteiger partial charge is 0.481 e. The first kappa shape index (κ1) is 95.6. The maximum atomic E-state index is 14.8. The molecule has 0 aromatic heterocycles. The highest BCUT2D eigenvalue weighted by molar-refractivity contribution is 6.18. The average Bonchev–Trinajstić information content (AvgIpc) is 1.55. The molecule has 794 valence electrons. The second kappa shape index (κ2) is 35.0. The summed E-state index contributed by atoms with van der Waals surface area (Å²) in [5.74, 6) is -17.6. The summed E-state index contributed by atoms with van der Waals surface area (Å²) in [5.41, 5.74) is 0.789. The highest BCUT2D eigenvalue weighted by atomic mass is 35.5. The van der Waals surface area contributed by atoms with E-state index in [1.807, 2.05) is 0 Å². The van der Waals surface area contributed by atoms with Crippen molar-refractivity contribution < 1.29 is 173 Å². The maximum absolute atomic E-state index is 14.8. The molecule has 0 spiro atoms. The van der Waals surface area contributed by atoms with Gasteiger partial charge in [0.1, 0.15) is 54.9 Å². The monoisotopic (exact) mass is 2060 g/mol. The van der Waals surface area contributed by atoms with E-state index in [0.29, 0.717) is 81.3 Å². The van der Waals surface area contributed by atoms with Crippen LogP contribution in [0.3, 0.4) is 0 Å². The molecule has 7 saturated heterocycles. The fraction of sp³-hybridized carbons (Fsp3) is 0.845. The number of alkyl halides is 1. The van der Waals surface area contributed by atoms with Gasteiger partial charge < -0.3 is 91.1 Å². The smallest absolute Gasteiger partial charge is 0.317 e. The molecule has 7 aliphatic heterocycles. The average molecular weight is 2060 g/mol. The Hall–Kier alpha value is -8.48. The van der Waals surface area contributed by atoms with Crippen LogP contribution in [0.1, 0.15) is 199 Å². The summed E-state index contributed by atoms with van der Waals surface area (Å²) in [5, 5.41) is 29.8. The maximum Gasteiger partial charge on any atom is 0.317 e. The SMILES string of the molecule is ClCCOCC12CC3CC(CC(C3)C1)C2.O=C1OC(=O)C2C3CC(C12)C1C(=O)OC(=O)C31.O=C1OC2C(O)C3CC1C2C3.O=C1OC2C3CC(CC13)C2OC(=O)C1C2CC(C1C(=O)O)C(C(=O)OC1C3CC4C(=O)OC1C4C3)C2C(=O)O.O=C1OC2C3CC(CC13)C2OC(=O)C1C2CC(C1C(=O)OCOCC13CC4CC(CC(C4)C1)C3)C(C(=O)OC1C3CC4C(=O)OC1C4C3)C2C(=O)OCOCC12CC3CC(CC(C3)C1)C2. The lowest BCUT2D eigenvalue weighted by atomic mass is 9.50. The van der Waals surface area contributed by atoms with Crippen LogP contribution < -0.4 is 0 Å². The van der Waals surface area contributed by atoms with Crippen molar-refractivity contribution in [2.75, 3.05) is 45.9 Å². The van der Waals surface area contributed by atoms with E-state index in [0.717, 1.165) is 131 Å². The van der Waals surface area contributed by atoms with Gasteiger partial charge in [-0.3, -0.25) is 81.5 Å². The zero-order chi connectivity index (χ0) is 101. The Morgan fingerprint density at radius 2 is 0.510 bits per heavy atom. The summed E-state index contributed by atoms with van der Waals surface area (Å²) in [6.07, 6.45) is 26.2. The molecule has 0 amide bonds. The molecule has 36 nitrogen and oxygen atoms in total. The number of carbonyl (C=O) groups excluding carboxylic acids is 15. The zero-order valence-corrected chi connectivity index (χ0v) is 82.8. The number of carboxylic acids is 2.